The van der Waals surface area contributed by atoms with Crippen molar-refractivity contribution < 1.29 is 9.18 Å². The van der Waals surface area contributed by atoms with Gasteiger partial charge in [-0.25, -0.2) is 4.39 Å². The highest BCUT2D eigenvalue weighted by atomic mass is 19.1. The van der Waals surface area contributed by atoms with Gasteiger partial charge in [-0.1, -0.05) is 36.4 Å². The fourth-order valence-corrected chi connectivity index (χ4v) is 3.28. The Labute approximate surface area is 162 Å². The number of rotatable bonds is 4. The second-order valence-corrected chi connectivity index (χ2v) is 6.56. The van der Waals surface area contributed by atoms with Crippen LogP contribution in [0.15, 0.2) is 79.3 Å². The predicted octanol–water partition coefficient (Wildman–Crippen LogP) is 4.60. The van der Waals surface area contributed by atoms with Crippen molar-refractivity contribution in [1.82, 2.24) is 15.3 Å². The van der Waals surface area contributed by atoms with Gasteiger partial charge in [-0.05, 0) is 47.9 Å². The van der Waals surface area contributed by atoms with Crippen LogP contribution in [0.25, 0.3) is 10.9 Å². The van der Waals surface area contributed by atoms with Crippen molar-refractivity contribution in [3.8, 4) is 0 Å². The lowest BCUT2D eigenvalue weighted by molar-refractivity contribution is 0.0942. The maximum absolute atomic E-state index is 13.4. The Hall–Kier alpha value is -3.60. The molecule has 4 nitrogen and oxygen atoms in total. The van der Waals surface area contributed by atoms with Crippen LogP contribution in [0.2, 0.25) is 0 Å². The van der Waals surface area contributed by atoms with E-state index in [1.807, 2.05) is 37.3 Å². The molecule has 0 spiro atoms. The van der Waals surface area contributed by atoms with E-state index in [9.17, 15) is 9.18 Å². The van der Waals surface area contributed by atoms with Gasteiger partial charge in [0.15, 0.2) is 0 Å². The minimum Gasteiger partial charge on any atom is -0.341 e. The number of benzene rings is 2. The number of nitrogens with zero attached hydrogens (tertiary/aromatic N) is 2. The minimum atomic E-state index is -0.451. The molecule has 1 amide bonds. The number of aryl methyl sites for hydroxylation is 1. The smallest absolute Gasteiger partial charge is 0.253 e. The molecule has 0 bridgehead atoms. The SMILES string of the molecule is Cc1c(C(=O)NC(c2ccc(F)cc2)c2cccnc2)cnc2ccccc12. The van der Waals surface area contributed by atoms with Crippen molar-refractivity contribution in [3.63, 3.8) is 0 Å². The molecule has 138 valence electrons. The summed E-state index contributed by atoms with van der Waals surface area (Å²) < 4.78 is 13.4. The van der Waals surface area contributed by atoms with Gasteiger partial charge >= 0.3 is 0 Å². The van der Waals surface area contributed by atoms with Gasteiger partial charge in [-0.2, -0.15) is 0 Å². The molecular formula is C23H18FN3O. The highest BCUT2D eigenvalue weighted by Gasteiger charge is 2.20. The zero-order chi connectivity index (χ0) is 19.5. The Morgan fingerprint density at radius 2 is 1.75 bits per heavy atom. The number of carbonyl (C=O) groups excluding carboxylic acids is 1. The molecule has 4 aromatic rings. The van der Waals surface area contributed by atoms with Gasteiger partial charge < -0.3 is 5.32 Å². The van der Waals surface area contributed by atoms with E-state index in [0.717, 1.165) is 27.6 Å². The monoisotopic (exact) mass is 371 g/mol. The number of fused-ring (bicyclic) bond motifs is 1. The third-order valence-corrected chi connectivity index (χ3v) is 4.79. The van der Waals surface area contributed by atoms with Crippen molar-refractivity contribution in [1.29, 1.82) is 0 Å². The summed E-state index contributed by atoms with van der Waals surface area (Å²) in [6.07, 6.45) is 4.96. The summed E-state index contributed by atoms with van der Waals surface area (Å²) in [6, 6.07) is 17.0. The van der Waals surface area contributed by atoms with Crippen LogP contribution < -0.4 is 5.32 Å². The quantitative estimate of drug-likeness (QED) is 0.571. The van der Waals surface area contributed by atoms with Crippen molar-refractivity contribution >= 4 is 16.8 Å². The molecule has 1 atom stereocenters. The first-order valence-corrected chi connectivity index (χ1v) is 8.94. The van der Waals surface area contributed by atoms with Gasteiger partial charge in [0.05, 0.1) is 17.1 Å². The zero-order valence-electron chi connectivity index (χ0n) is 15.3. The summed E-state index contributed by atoms with van der Waals surface area (Å²) in [5, 5.41) is 3.99. The lowest BCUT2D eigenvalue weighted by atomic mass is 9.98. The van der Waals surface area contributed by atoms with Crippen LogP contribution >= 0.6 is 0 Å². The Balaban J connectivity index is 1.72. The number of para-hydroxylation sites is 1. The van der Waals surface area contributed by atoms with Crippen molar-refractivity contribution in [2.24, 2.45) is 0 Å². The van der Waals surface area contributed by atoms with E-state index in [1.54, 1.807) is 36.8 Å². The molecule has 1 unspecified atom stereocenters. The van der Waals surface area contributed by atoms with E-state index in [0.29, 0.717) is 5.56 Å². The molecule has 2 aromatic heterocycles. The topological polar surface area (TPSA) is 54.9 Å². The van der Waals surface area contributed by atoms with Gasteiger partial charge in [0.2, 0.25) is 0 Å². The first kappa shape index (κ1) is 17.8. The minimum absolute atomic E-state index is 0.242. The Morgan fingerprint density at radius 3 is 2.50 bits per heavy atom. The molecule has 0 aliphatic carbocycles. The fraction of sp³-hybridized carbons (Fsp3) is 0.0870. The zero-order valence-corrected chi connectivity index (χ0v) is 15.3. The molecule has 0 saturated heterocycles. The van der Waals surface area contributed by atoms with Crippen LogP contribution in [0.1, 0.15) is 33.1 Å². The molecule has 4 rings (SSSR count). The maximum atomic E-state index is 13.4. The third-order valence-electron chi connectivity index (χ3n) is 4.79. The van der Waals surface area contributed by atoms with Crippen LogP contribution in [0.4, 0.5) is 4.39 Å². The number of hydrogen-bond donors (Lipinski definition) is 1. The van der Waals surface area contributed by atoms with E-state index < -0.39 is 6.04 Å². The maximum Gasteiger partial charge on any atom is 0.253 e. The Morgan fingerprint density at radius 1 is 0.964 bits per heavy atom. The van der Waals surface area contributed by atoms with Crippen LogP contribution in [-0.2, 0) is 0 Å². The summed E-state index contributed by atoms with van der Waals surface area (Å²) in [7, 11) is 0. The van der Waals surface area contributed by atoms with Gasteiger partial charge in [0.25, 0.3) is 5.91 Å². The van der Waals surface area contributed by atoms with E-state index in [1.165, 1.54) is 12.1 Å². The average molecular weight is 371 g/mol. The second-order valence-electron chi connectivity index (χ2n) is 6.56. The molecule has 5 heteroatoms. The van der Waals surface area contributed by atoms with Crippen molar-refractivity contribution in [2.45, 2.75) is 13.0 Å². The summed E-state index contributed by atoms with van der Waals surface area (Å²) >= 11 is 0. The van der Waals surface area contributed by atoms with Crippen LogP contribution in [-0.4, -0.2) is 15.9 Å². The summed E-state index contributed by atoms with van der Waals surface area (Å²) in [5.41, 5.74) is 3.81. The summed E-state index contributed by atoms with van der Waals surface area (Å²) in [4.78, 5) is 21.6. The first-order chi connectivity index (χ1) is 13.6. The molecule has 0 fully saturated rings. The third kappa shape index (κ3) is 3.47. The number of amides is 1. The molecule has 28 heavy (non-hydrogen) atoms. The molecule has 1 N–H and O–H groups in total. The molecule has 2 heterocycles. The molecule has 0 aliphatic rings. The first-order valence-electron chi connectivity index (χ1n) is 8.94. The Bertz CT molecular complexity index is 1130. The van der Waals surface area contributed by atoms with Crippen molar-refractivity contribution in [2.75, 3.05) is 0 Å². The molecule has 0 radical (unpaired) electrons. The largest absolute Gasteiger partial charge is 0.341 e. The number of halogens is 1. The number of nitrogens with one attached hydrogen (secondary N) is 1. The summed E-state index contributed by atoms with van der Waals surface area (Å²) in [5.74, 6) is -0.566. The fourth-order valence-electron chi connectivity index (χ4n) is 3.28. The Kier molecular flexibility index (Phi) is 4.81. The van der Waals surface area contributed by atoms with E-state index >= 15 is 0 Å². The lowest BCUT2D eigenvalue weighted by Gasteiger charge is -2.20. The molecular weight excluding hydrogens is 353 g/mol. The van der Waals surface area contributed by atoms with E-state index in [-0.39, 0.29) is 11.7 Å². The van der Waals surface area contributed by atoms with Gasteiger partial charge in [0.1, 0.15) is 5.82 Å². The average Bonchev–Trinajstić information content (AvgIpc) is 2.74. The predicted molar refractivity (Wildman–Crippen MR) is 106 cm³/mol. The lowest BCUT2D eigenvalue weighted by Crippen LogP contribution is -2.30. The van der Waals surface area contributed by atoms with Crippen LogP contribution in [0.3, 0.4) is 0 Å². The van der Waals surface area contributed by atoms with Gasteiger partial charge in [-0.15, -0.1) is 0 Å². The van der Waals surface area contributed by atoms with Gasteiger partial charge in [0, 0.05) is 24.0 Å². The molecule has 0 saturated carbocycles. The number of pyridine rings is 2. The standard InChI is InChI=1S/C23H18FN3O/c1-15-19-6-2-3-7-21(19)26-14-20(15)23(28)27-22(17-5-4-12-25-13-17)16-8-10-18(24)11-9-16/h2-14,22H,1H3,(H,27,28). The molecule has 0 aliphatic heterocycles. The number of hydrogen-bond acceptors (Lipinski definition) is 3. The van der Waals surface area contributed by atoms with Gasteiger partial charge in [-0.3, -0.25) is 14.8 Å². The normalized spacial score (nSPS) is 11.9. The number of aromatic nitrogens is 2. The van der Waals surface area contributed by atoms with Crippen LogP contribution in [0, 0.1) is 12.7 Å². The van der Waals surface area contributed by atoms with Crippen molar-refractivity contribution in [3.05, 3.63) is 107 Å². The highest BCUT2D eigenvalue weighted by Crippen LogP contribution is 2.24. The summed E-state index contributed by atoms with van der Waals surface area (Å²) in [6.45, 7) is 1.91. The van der Waals surface area contributed by atoms with E-state index in [2.05, 4.69) is 15.3 Å². The second kappa shape index (κ2) is 7.56. The highest BCUT2D eigenvalue weighted by molar-refractivity contribution is 6.00. The number of carbonyl (C=O) groups is 1. The van der Waals surface area contributed by atoms with Crippen LogP contribution in [0.5, 0.6) is 0 Å². The molecule has 2 aromatic carbocycles. The van der Waals surface area contributed by atoms with E-state index in [4.69, 9.17) is 0 Å².